The number of carbonyl (C=O) groups excluding carboxylic acids is 2. The minimum Gasteiger partial charge on any atom is -0.481 e. The number of likely N-dealkylation sites (N-methyl/N-ethyl adjacent to an activating group) is 1. The lowest BCUT2D eigenvalue weighted by molar-refractivity contribution is -0.119. The number of hydrogen-bond acceptors (Lipinski definition) is 6. The van der Waals surface area contributed by atoms with Gasteiger partial charge in [0.25, 0.3) is 0 Å². The fourth-order valence-electron chi connectivity index (χ4n) is 6.55. The Morgan fingerprint density at radius 3 is 2.62 bits per heavy atom. The van der Waals surface area contributed by atoms with Gasteiger partial charge in [0.15, 0.2) is 5.78 Å². The van der Waals surface area contributed by atoms with Gasteiger partial charge >= 0.3 is 6.03 Å². The predicted molar refractivity (Wildman–Crippen MR) is 142 cm³/mol. The number of Topliss-reactive ketones (excluding diaryl/α,β-unsaturated/α-hetero) is 1. The molecule has 3 atom stereocenters. The molecule has 2 aliphatic carbocycles. The molecular formula is C29H39N5O3. The molecule has 2 heterocycles. The molecule has 1 unspecified atom stereocenters. The molecule has 2 aromatic rings. The van der Waals surface area contributed by atoms with E-state index in [0.717, 1.165) is 25.8 Å². The highest BCUT2D eigenvalue weighted by molar-refractivity contribution is 5.88. The number of ketones is 1. The van der Waals surface area contributed by atoms with E-state index in [1.807, 2.05) is 0 Å². The lowest BCUT2D eigenvalue weighted by atomic mass is 9.69. The highest BCUT2D eigenvalue weighted by atomic mass is 16.5. The lowest BCUT2D eigenvalue weighted by Gasteiger charge is -2.49. The summed E-state index contributed by atoms with van der Waals surface area (Å²) in [5.41, 5.74) is 1.09. The quantitative estimate of drug-likeness (QED) is 0.516. The van der Waals surface area contributed by atoms with Gasteiger partial charge in [-0.2, -0.15) is 4.98 Å². The molecule has 0 radical (unpaired) electrons. The number of amides is 2. The van der Waals surface area contributed by atoms with Crippen molar-refractivity contribution in [2.24, 2.45) is 5.92 Å². The lowest BCUT2D eigenvalue weighted by Crippen LogP contribution is -2.55. The number of aromatic nitrogens is 2. The highest BCUT2D eigenvalue weighted by Crippen LogP contribution is 2.47. The summed E-state index contributed by atoms with van der Waals surface area (Å²) in [4.78, 5) is 41.7. The Labute approximate surface area is 220 Å². The molecule has 8 nitrogen and oxygen atoms in total. The van der Waals surface area contributed by atoms with E-state index in [-0.39, 0.29) is 30.3 Å². The van der Waals surface area contributed by atoms with Gasteiger partial charge in [0.2, 0.25) is 5.88 Å². The molecule has 1 aromatic carbocycles. The number of ether oxygens (including phenoxy) is 1. The second kappa shape index (κ2) is 10.8. The van der Waals surface area contributed by atoms with Gasteiger partial charge in [0.05, 0.1) is 25.6 Å². The summed E-state index contributed by atoms with van der Waals surface area (Å²) < 4.78 is 5.16. The number of nitrogens with zero attached hydrogens (tertiary/aromatic N) is 5. The zero-order valence-corrected chi connectivity index (χ0v) is 22.3. The van der Waals surface area contributed by atoms with Crippen LogP contribution in [0.25, 0.3) is 0 Å². The number of rotatable bonds is 9. The van der Waals surface area contributed by atoms with Crippen molar-refractivity contribution in [3.05, 3.63) is 54.0 Å². The Kier molecular flexibility index (Phi) is 7.47. The third-order valence-electron chi connectivity index (χ3n) is 8.70. The average molecular weight is 506 g/mol. The average Bonchev–Trinajstić information content (AvgIpc) is 3.11. The summed E-state index contributed by atoms with van der Waals surface area (Å²) in [7, 11) is 5.87. The van der Waals surface area contributed by atoms with Crippen LogP contribution < -0.4 is 4.74 Å². The maximum atomic E-state index is 13.8. The van der Waals surface area contributed by atoms with Crippen LogP contribution in [0.15, 0.2) is 42.6 Å². The van der Waals surface area contributed by atoms with E-state index >= 15 is 0 Å². The summed E-state index contributed by atoms with van der Waals surface area (Å²) in [6.45, 7) is 1.50. The second-order valence-electron chi connectivity index (χ2n) is 11.3. The van der Waals surface area contributed by atoms with Crippen LogP contribution >= 0.6 is 0 Å². The normalized spacial score (nSPS) is 26.1. The van der Waals surface area contributed by atoms with Crippen LogP contribution in [0.5, 0.6) is 5.88 Å². The molecular weight excluding hydrogens is 466 g/mol. The van der Waals surface area contributed by atoms with Crippen LogP contribution in [0.2, 0.25) is 0 Å². The van der Waals surface area contributed by atoms with Crippen molar-refractivity contribution in [1.29, 1.82) is 0 Å². The first-order chi connectivity index (χ1) is 17.9. The molecule has 1 aliphatic heterocycles. The molecule has 1 spiro atoms. The van der Waals surface area contributed by atoms with Crippen LogP contribution in [0.1, 0.15) is 55.8 Å². The van der Waals surface area contributed by atoms with Crippen LogP contribution in [0.3, 0.4) is 0 Å². The topological polar surface area (TPSA) is 78.9 Å². The van der Waals surface area contributed by atoms with Crippen molar-refractivity contribution in [1.82, 2.24) is 24.7 Å². The van der Waals surface area contributed by atoms with Crippen molar-refractivity contribution >= 4 is 11.8 Å². The maximum Gasteiger partial charge on any atom is 0.321 e. The maximum absolute atomic E-state index is 13.8. The summed E-state index contributed by atoms with van der Waals surface area (Å²) in [6, 6.07) is 12.8. The summed E-state index contributed by atoms with van der Waals surface area (Å²) in [5, 5.41) is 0. The second-order valence-corrected chi connectivity index (χ2v) is 11.3. The van der Waals surface area contributed by atoms with Crippen molar-refractivity contribution in [2.75, 3.05) is 40.8 Å². The molecule has 37 heavy (non-hydrogen) atoms. The Bertz CT molecular complexity index is 1110. The first kappa shape index (κ1) is 25.6. The number of urea groups is 1. The Balaban J connectivity index is 1.37. The highest BCUT2D eigenvalue weighted by Gasteiger charge is 2.54. The molecule has 5 rings (SSSR count). The van der Waals surface area contributed by atoms with Crippen molar-refractivity contribution < 1.29 is 14.3 Å². The molecule has 3 aliphatic rings. The van der Waals surface area contributed by atoms with E-state index in [1.165, 1.54) is 24.8 Å². The minimum atomic E-state index is -0.244. The Morgan fingerprint density at radius 2 is 1.95 bits per heavy atom. The van der Waals surface area contributed by atoms with E-state index in [0.29, 0.717) is 36.1 Å². The smallest absolute Gasteiger partial charge is 0.321 e. The van der Waals surface area contributed by atoms with Gasteiger partial charge in [-0.05, 0) is 57.7 Å². The molecule has 198 valence electrons. The molecule has 0 N–H and O–H groups in total. The predicted octanol–water partition coefficient (Wildman–Crippen LogP) is 3.77. The standard InChI is InChI=1S/C29H39N5O3/c1-32(2)25-12-14-29(17-24(25)22-10-5-4-6-11-22)20-33(28(36)34(29)18-21-8-7-9-21)19-23(35)16-26-30-15-13-27(31-26)37-3/h4-6,10-11,13,15,21,24-25H,7-9,12,14,16-20H2,1-3H3/t24?,25-,29+/m1/s1. The third-order valence-corrected chi connectivity index (χ3v) is 8.70. The zero-order chi connectivity index (χ0) is 26.0. The molecule has 3 fully saturated rings. The largest absolute Gasteiger partial charge is 0.481 e. The molecule has 0 bridgehead atoms. The number of carbonyl (C=O) groups is 2. The monoisotopic (exact) mass is 505 g/mol. The Hall–Kier alpha value is -3.00. The van der Waals surface area contributed by atoms with Gasteiger partial charge in [0.1, 0.15) is 5.82 Å². The van der Waals surface area contributed by atoms with Gasteiger partial charge in [0, 0.05) is 37.3 Å². The zero-order valence-electron chi connectivity index (χ0n) is 22.3. The molecule has 2 saturated carbocycles. The van der Waals surface area contributed by atoms with Gasteiger partial charge in [-0.25, -0.2) is 9.78 Å². The summed E-state index contributed by atoms with van der Waals surface area (Å²) in [5.74, 6) is 1.72. The van der Waals surface area contributed by atoms with Gasteiger partial charge < -0.3 is 19.4 Å². The Morgan fingerprint density at radius 1 is 1.16 bits per heavy atom. The van der Waals surface area contributed by atoms with Gasteiger partial charge in [-0.1, -0.05) is 36.8 Å². The first-order valence-corrected chi connectivity index (χ1v) is 13.5. The molecule has 1 aromatic heterocycles. The van der Waals surface area contributed by atoms with E-state index in [1.54, 1.807) is 24.3 Å². The summed E-state index contributed by atoms with van der Waals surface area (Å²) >= 11 is 0. The van der Waals surface area contributed by atoms with E-state index in [9.17, 15) is 9.59 Å². The van der Waals surface area contributed by atoms with Crippen LogP contribution in [0, 0.1) is 5.92 Å². The van der Waals surface area contributed by atoms with Crippen LogP contribution in [-0.2, 0) is 11.2 Å². The van der Waals surface area contributed by atoms with Gasteiger partial charge in [-0.3, -0.25) is 4.79 Å². The molecule has 2 amide bonds. The fraction of sp³-hybridized carbons (Fsp3) is 0.586. The van der Waals surface area contributed by atoms with E-state index < -0.39 is 0 Å². The van der Waals surface area contributed by atoms with E-state index in [4.69, 9.17) is 4.74 Å². The van der Waals surface area contributed by atoms with Crippen molar-refractivity contribution in [3.63, 3.8) is 0 Å². The summed E-state index contributed by atoms with van der Waals surface area (Å²) in [6.07, 6.45) is 8.22. The van der Waals surface area contributed by atoms with Gasteiger partial charge in [-0.15, -0.1) is 0 Å². The number of benzene rings is 1. The number of methoxy groups -OCH3 is 1. The van der Waals surface area contributed by atoms with Crippen LogP contribution in [0.4, 0.5) is 4.79 Å². The van der Waals surface area contributed by atoms with Crippen LogP contribution in [-0.4, -0.2) is 88.9 Å². The molecule has 1 saturated heterocycles. The van der Waals surface area contributed by atoms with E-state index in [2.05, 4.69) is 64.2 Å². The van der Waals surface area contributed by atoms with Crippen molar-refractivity contribution in [3.8, 4) is 5.88 Å². The number of hydrogen-bond donors (Lipinski definition) is 0. The van der Waals surface area contributed by atoms with Crippen molar-refractivity contribution in [2.45, 2.75) is 62.4 Å². The molecule has 8 heteroatoms. The fourth-order valence-corrected chi connectivity index (χ4v) is 6.55. The first-order valence-electron chi connectivity index (χ1n) is 13.5. The SMILES string of the molecule is COc1ccnc(CC(=O)CN2C[C@@]3(CC[C@@H](N(C)C)C(c4ccccc4)C3)N(CC3CCC3)C2=O)n1. The third kappa shape index (κ3) is 5.35. The minimum absolute atomic E-state index is 0.0157.